The summed E-state index contributed by atoms with van der Waals surface area (Å²) in [6, 6.07) is 1.87. The summed E-state index contributed by atoms with van der Waals surface area (Å²) in [5.74, 6) is -0.478. The summed E-state index contributed by atoms with van der Waals surface area (Å²) in [5, 5.41) is 15.2. The third-order valence-corrected chi connectivity index (χ3v) is 6.49. The van der Waals surface area contributed by atoms with E-state index in [9.17, 15) is 9.90 Å². The van der Waals surface area contributed by atoms with Crippen LogP contribution in [-0.4, -0.2) is 42.2 Å². The van der Waals surface area contributed by atoms with Crippen LogP contribution in [0.3, 0.4) is 0 Å². The number of rotatable bonds is 6. The van der Waals surface area contributed by atoms with Gasteiger partial charge in [-0.2, -0.15) is 11.3 Å². The lowest BCUT2D eigenvalue weighted by atomic mass is 9.74. The van der Waals surface area contributed by atoms with Crippen molar-refractivity contribution in [2.75, 3.05) is 26.2 Å². The van der Waals surface area contributed by atoms with Gasteiger partial charge in [0.15, 0.2) is 5.60 Å². The first-order valence-corrected chi connectivity index (χ1v) is 10.8. The molecule has 1 aromatic rings. The number of hydrogen-bond donors (Lipinski definition) is 1. The molecule has 148 valence electrons. The number of halogens is 1. The predicted molar refractivity (Wildman–Crippen MR) is 108 cm³/mol. The normalized spacial score (nSPS) is 22.0. The summed E-state index contributed by atoms with van der Waals surface area (Å²) in [6.07, 6.45) is 10.2. The van der Waals surface area contributed by atoms with Crippen molar-refractivity contribution in [1.29, 1.82) is 0 Å². The van der Waals surface area contributed by atoms with Crippen molar-refractivity contribution in [1.82, 2.24) is 4.90 Å². The fourth-order valence-corrected chi connectivity index (χ4v) is 4.97. The van der Waals surface area contributed by atoms with Crippen LogP contribution in [-0.2, 0) is 15.1 Å². The lowest BCUT2D eigenvalue weighted by molar-refractivity contribution is -0.176. The zero-order valence-corrected chi connectivity index (χ0v) is 17.2. The highest BCUT2D eigenvalue weighted by atomic mass is 35.5. The van der Waals surface area contributed by atoms with Gasteiger partial charge in [0, 0.05) is 18.0 Å². The maximum absolute atomic E-state index is 12.9. The minimum absolute atomic E-state index is 0. The summed E-state index contributed by atoms with van der Waals surface area (Å²) in [5.41, 5.74) is -0.761. The second kappa shape index (κ2) is 10.6. The molecule has 2 aliphatic rings. The molecule has 6 heteroatoms. The number of likely N-dealkylation sites (tertiary alicyclic amines) is 1. The molecule has 0 amide bonds. The summed E-state index contributed by atoms with van der Waals surface area (Å²) in [6.45, 7) is 3.33. The highest BCUT2D eigenvalue weighted by Gasteiger charge is 2.47. The van der Waals surface area contributed by atoms with E-state index in [1.807, 2.05) is 16.8 Å². The topological polar surface area (TPSA) is 49.8 Å². The number of nitrogens with zero attached hydrogens (tertiary/aromatic N) is 1. The largest absolute Gasteiger partial charge is 0.462 e. The minimum atomic E-state index is -1.47. The van der Waals surface area contributed by atoms with Gasteiger partial charge in [-0.3, -0.25) is 4.90 Å². The molecule has 1 aliphatic carbocycles. The van der Waals surface area contributed by atoms with Crippen molar-refractivity contribution in [3.05, 3.63) is 22.4 Å². The molecule has 4 nitrogen and oxygen atoms in total. The first-order valence-electron chi connectivity index (χ1n) is 9.86. The number of ether oxygens (including phenoxy) is 1. The Morgan fingerprint density at radius 2 is 1.81 bits per heavy atom. The van der Waals surface area contributed by atoms with E-state index in [0.717, 1.165) is 45.3 Å². The van der Waals surface area contributed by atoms with E-state index < -0.39 is 11.6 Å². The molecule has 1 aromatic heterocycles. The minimum Gasteiger partial charge on any atom is -0.462 e. The van der Waals surface area contributed by atoms with Gasteiger partial charge in [-0.1, -0.05) is 32.1 Å². The molecule has 0 aromatic carbocycles. The Balaban J connectivity index is 0.00000243. The standard InChI is InChI=1S/C20H31NO3S.ClH/c22-19(24-14-13-21-11-6-1-2-7-12-21)20(23,18-10-15-25-16-18)17-8-4-3-5-9-17;/h10,15-17,23H,1-9,11-14H2;1H. The Bertz CT molecular complexity index is 525. The summed E-state index contributed by atoms with van der Waals surface area (Å²) in [4.78, 5) is 15.3. The molecular weight excluding hydrogens is 370 g/mol. The Labute approximate surface area is 167 Å². The number of aliphatic hydroxyl groups is 1. The molecule has 2 fully saturated rings. The van der Waals surface area contributed by atoms with Gasteiger partial charge >= 0.3 is 5.97 Å². The van der Waals surface area contributed by atoms with Crippen molar-refractivity contribution >= 4 is 29.7 Å². The van der Waals surface area contributed by atoms with Crippen molar-refractivity contribution in [3.63, 3.8) is 0 Å². The van der Waals surface area contributed by atoms with Crippen LogP contribution in [0.4, 0.5) is 0 Å². The first kappa shape index (κ1) is 21.7. The molecule has 0 spiro atoms. The zero-order valence-electron chi connectivity index (χ0n) is 15.5. The van der Waals surface area contributed by atoms with Gasteiger partial charge in [-0.15, -0.1) is 12.4 Å². The lowest BCUT2D eigenvalue weighted by Crippen LogP contribution is -2.45. The molecule has 1 saturated carbocycles. The molecular formula is C20H32ClNO3S. The molecule has 1 saturated heterocycles. The number of carbonyl (C=O) groups excluding carboxylic acids is 1. The summed E-state index contributed by atoms with van der Waals surface area (Å²) >= 11 is 1.52. The summed E-state index contributed by atoms with van der Waals surface area (Å²) < 4.78 is 5.60. The van der Waals surface area contributed by atoms with E-state index in [0.29, 0.717) is 12.2 Å². The molecule has 1 aliphatic heterocycles. The van der Waals surface area contributed by atoms with Gasteiger partial charge in [0.1, 0.15) is 6.61 Å². The van der Waals surface area contributed by atoms with Crippen LogP contribution in [0.5, 0.6) is 0 Å². The van der Waals surface area contributed by atoms with Crippen LogP contribution >= 0.6 is 23.7 Å². The van der Waals surface area contributed by atoms with Crippen molar-refractivity contribution in [2.45, 2.75) is 63.4 Å². The first-order chi connectivity index (χ1) is 12.2. The van der Waals surface area contributed by atoms with E-state index in [1.165, 1.54) is 43.4 Å². The van der Waals surface area contributed by atoms with Gasteiger partial charge in [-0.25, -0.2) is 4.79 Å². The quantitative estimate of drug-likeness (QED) is 0.719. The zero-order chi connectivity index (χ0) is 17.5. The van der Waals surface area contributed by atoms with Gasteiger partial charge in [-0.05, 0) is 55.6 Å². The smallest absolute Gasteiger partial charge is 0.343 e. The van der Waals surface area contributed by atoms with E-state index in [4.69, 9.17) is 4.74 Å². The number of carbonyl (C=O) groups is 1. The predicted octanol–water partition coefficient (Wildman–Crippen LogP) is 4.36. The molecule has 1 unspecified atom stereocenters. The van der Waals surface area contributed by atoms with E-state index in [2.05, 4.69) is 4.90 Å². The van der Waals surface area contributed by atoms with Crippen molar-refractivity contribution in [2.24, 2.45) is 5.92 Å². The van der Waals surface area contributed by atoms with Gasteiger partial charge in [0.25, 0.3) is 0 Å². The van der Waals surface area contributed by atoms with Crippen LogP contribution < -0.4 is 0 Å². The lowest BCUT2D eigenvalue weighted by Gasteiger charge is -2.36. The highest BCUT2D eigenvalue weighted by Crippen LogP contribution is 2.41. The highest BCUT2D eigenvalue weighted by molar-refractivity contribution is 7.08. The van der Waals surface area contributed by atoms with E-state index in [-0.39, 0.29) is 18.3 Å². The fourth-order valence-electron chi connectivity index (χ4n) is 4.26. The molecule has 0 bridgehead atoms. The maximum Gasteiger partial charge on any atom is 0.343 e. The molecule has 1 atom stereocenters. The molecule has 0 radical (unpaired) electrons. The van der Waals surface area contributed by atoms with Crippen molar-refractivity contribution < 1.29 is 14.6 Å². The summed E-state index contributed by atoms with van der Waals surface area (Å²) in [7, 11) is 0. The number of esters is 1. The van der Waals surface area contributed by atoms with Crippen molar-refractivity contribution in [3.8, 4) is 0 Å². The van der Waals surface area contributed by atoms with Gasteiger partial charge in [0.2, 0.25) is 0 Å². The Kier molecular flexibility index (Phi) is 8.88. The molecule has 3 rings (SSSR count). The average Bonchev–Trinajstić information content (AvgIpc) is 3.07. The Morgan fingerprint density at radius 1 is 1.15 bits per heavy atom. The fraction of sp³-hybridized carbons (Fsp3) is 0.750. The third-order valence-electron chi connectivity index (χ3n) is 5.81. The second-order valence-electron chi connectivity index (χ2n) is 7.51. The van der Waals surface area contributed by atoms with Crippen LogP contribution in [0, 0.1) is 5.92 Å². The van der Waals surface area contributed by atoms with E-state index in [1.54, 1.807) is 0 Å². The number of thiophene rings is 1. The number of hydrogen-bond acceptors (Lipinski definition) is 5. The van der Waals surface area contributed by atoms with Gasteiger partial charge in [0.05, 0.1) is 0 Å². The average molecular weight is 402 g/mol. The monoisotopic (exact) mass is 401 g/mol. The van der Waals surface area contributed by atoms with Crippen LogP contribution in [0.25, 0.3) is 0 Å². The van der Waals surface area contributed by atoms with Gasteiger partial charge < -0.3 is 9.84 Å². The molecule has 1 N–H and O–H groups in total. The Morgan fingerprint density at radius 3 is 2.42 bits per heavy atom. The van der Waals surface area contributed by atoms with Crippen LogP contribution in [0.15, 0.2) is 16.8 Å². The second-order valence-corrected chi connectivity index (χ2v) is 8.29. The molecule has 2 heterocycles. The van der Waals surface area contributed by atoms with Crippen LogP contribution in [0.1, 0.15) is 63.4 Å². The maximum atomic E-state index is 12.9. The van der Waals surface area contributed by atoms with Crippen LogP contribution in [0.2, 0.25) is 0 Å². The van der Waals surface area contributed by atoms with E-state index >= 15 is 0 Å². The third kappa shape index (κ3) is 5.22. The Hall–Kier alpha value is -0.620. The molecule has 26 heavy (non-hydrogen) atoms. The SMILES string of the molecule is Cl.O=C(OCCN1CCCCCC1)C(O)(c1ccsc1)C1CCCCC1.